The lowest BCUT2D eigenvalue weighted by Crippen LogP contribution is -2.27. The van der Waals surface area contributed by atoms with Crippen molar-refractivity contribution in [1.29, 1.82) is 0 Å². The van der Waals surface area contributed by atoms with E-state index in [1.54, 1.807) is 31.2 Å². The van der Waals surface area contributed by atoms with E-state index in [9.17, 15) is 13.6 Å². The van der Waals surface area contributed by atoms with Gasteiger partial charge in [0.25, 0.3) is 5.91 Å². The molecule has 0 radical (unpaired) electrons. The van der Waals surface area contributed by atoms with Crippen molar-refractivity contribution in [3.05, 3.63) is 76.1 Å². The molecule has 3 aromatic rings. The molecule has 0 spiro atoms. The Kier molecular flexibility index (Phi) is 5.04. The first kappa shape index (κ1) is 18.1. The second-order valence-corrected chi connectivity index (χ2v) is 6.29. The van der Waals surface area contributed by atoms with Gasteiger partial charge in [0.15, 0.2) is 5.69 Å². The molecule has 134 valence electrons. The van der Waals surface area contributed by atoms with Crippen molar-refractivity contribution >= 4 is 17.5 Å². The van der Waals surface area contributed by atoms with E-state index in [0.29, 0.717) is 16.1 Å². The quantitative estimate of drug-likeness (QED) is 0.691. The number of carbonyl (C=O) groups is 1. The van der Waals surface area contributed by atoms with E-state index < -0.39 is 23.6 Å². The van der Waals surface area contributed by atoms with Gasteiger partial charge in [0, 0.05) is 16.1 Å². The van der Waals surface area contributed by atoms with E-state index in [1.807, 2.05) is 0 Å². The number of benzene rings is 2. The van der Waals surface area contributed by atoms with Gasteiger partial charge in [0.2, 0.25) is 5.89 Å². The fourth-order valence-electron chi connectivity index (χ4n) is 2.40. The summed E-state index contributed by atoms with van der Waals surface area (Å²) in [5.74, 6) is -1.59. The van der Waals surface area contributed by atoms with Crippen molar-refractivity contribution in [2.24, 2.45) is 0 Å². The predicted octanol–water partition coefficient (Wildman–Crippen LogP) is 5.07. The van der Waals surface area contributed by atoms with Gasteiger partial charge in [-0.1, -0.05) is 17.7 Å². The molecule has 0 saturated carbocycles. The number of hydrogen-bond acceptors (Lipinski definition) is 3. The second kappa shape index (κ2) is 7.25. The minimum Gasteiger partial charge on any atom is -0.444 e. The van der Waals surface area contributed by atoms with E-state index >= 15 is 0 Å². The molecule has 0 bridgehead atoms. The van der Waals surface area contributed by atoms with Crippen LogP contribution in [0.25, 0.3) is 11.5 Å². The molecule has 0 aliphatic heterocycles. The summed E-state index contributed by atoms with van der Waals surface area (Å²) in [4.78, 5) is 16.5. The number of oxazole rings is 1. The highest BCUT2D eigenvalue weighted by Crippen LogP contribution is 2.23. The number of nitrogens with one attached hydrogen (secondary N) is 1. The minimum absolute atomic E-state index is 0.0554. The molecular formula is C19H15ClF2N2O2. The number of hydrogen-bond donors (Lipinski definition) is 1. The molecule has 1 amide bonds. The molecule has 2 aromatic carbocycles. The summed E-state index contributed by atoms with van der Waals surface area (Å²) in [6.45, 7) is 2.98. The van der Waals surface area contributed by atoms with Crippen molar-refractivity contribution in [2.45, 2.75) is 19.9 Å². The maximum absolute atomic E-state index is 13.7. The summed E-state index contributed by atoms with van der Waals surface area (Å²) >= 11 is 5.93. The standard InChI is InChI=1S/C19H15ClF2N2O2/c1-10-15(21)7-13(8-16(10)22)11(2)23-18(25)17-9-26-19(24-17)12-4-3-5-14(20)6-12/h3-9,11H,1-2H3,(H,23,25)/t11-/m1/s1. The Morgan fingerprint density at radius 3 is 2.58 bits per heavy atom. The summed E-state index contributed by atoms with van der Waals surface area (Å²) in [5, 5.41) is 3.16. The van der Waals surface area contributed by atoms with Crippen molar-refractivity contribution in [3.8, 4) is 11.5 Å². The Hall–Kier alpha value is -2.73. The SMILES string of the molecule is Cc1c(F)cc([C@@H](C)NC(=O)c2coc(-c3cccc(Cl)c3)n2)cc1F. The zero-order valence-corrected chi connectivity index (χ0v) is 14.8. The van der Waals surface area contributed by atoms with E-state index in [1.165, 1.54) is 25.3 Å². The van der Waals surface area contributed by atoms with Crippen LogP contribution in [0.3, 0.4) is 0 Å². The summed E-state index contributed by atoms with van der Waals surface area (Å²) in [7, 11) is 0. The van der Waals surface area contributed by atoms with Crippen molar-refractivity contribution in [3.63, 3.8) is 0 Å². The molecule has 4 nitrogen and oxygen atoms in total. The third-order valence-electron chi connectivity index (χ3n) is 3.96. The van der Waals surface area contributed by atoms with E-state index in [0.717, 1.165) is 0 Å². The molecule has 3 rings (SSSR count). The van der Waals surface area contributed by atoms with E-state index in [2.05, 4.69) is 10.3 Å². The molecule has 0 aliphatic carbocycles. The van der Waals surface area contributed by atoms with Gasteiger partial charge in [-0.3, -0.25) is 4.79 Å². The fourth-order valence-corrected chi connectivity index (χ4v) is 2.59. The lowest BCUT2D eigenvalue weighted by molar-refractivity contribution is 0.0934. The Labute approximate surface area is 153 Å². The second-order valence-electron chi connectivity index (χ2n) is 5.85. The van der Waals surface area contributed by atoms with Crippen LogP contribution in [0, 0.1) is 18.6 Å². The molecule has 7 heteroatoms. The van der Waals surface area contributed by atoms with Gasteiger partial charge in [-0.15, -0.1) is 0 Å². The highest BCUT2D eigenvalue weighted by atomic mass is 35.5. The molecule has 1 N–H and O–H groups in total. The summed E-state index contributed by atoms with van der Waals surface area (Å²) in [6, 6.07) is 8.65. The van der Waals surface area contributed by atoms with Crippen LogP contribution in [0.1, 0.15) is 34.6 Å². The molecular weight excluding hydrogens is 362 g/mol. The average molecular weight is 377 g/mol. The van der Waals surface area contributed by atoms with Crippen molar-refractivity contribution < 1.29 is 18.0 Å². The van der Waals surface area contributed by atoms with Gasteiger partial charge in [-0.2, -0.15) is 0 Å². The first-order valence-corrected chi connectivity index (χ1v) is 8.21. The van der Waals surface area contributed by atoms with Crippen LogP contribution in [0.4, 0.5) is 8.78 Å². The highest BCUT2D eigenvalue weighted by molar-refractivity contribution is 6.30. The summed E-state index contributed by atoms with van der Waals surface area (Å²) < 4.78 is 32.7. The van der Waals surface area contributed by atoms with Gasteiger partial charge in [0.1, 0.15) is 17.9 Å². The van der Waals surface area contributed by atoms with Crippen molar-refractivity contribution in [1.82, 2.24) is 10.3 Å². The molecule has 1 heterocycles. The third-order valence-corrected chi connectivity index (χ3v) is 4.19. The largest absolute Gasteiger partial charge is 0.444 e. The van der Waals surface area contributed by atoms with Crippen LogP contribution in [0.15, 0.2) is 47.1 Å². The maximum atomic E-state index is 13.7. The average Bonchev–Trinajstić information content (AvgIpc) is 3.09. The number of carbonyl (C=O) groups excluding carboxylic acids is 1. The normalized spacial score (nSPS) is 12.0. The Morgan fingerprint density at radius 1 is 1.23 bits per heavy atom. The molecule has 0 unspecified atom stereocenters. The molecule has 1 aromatic heterocycles. The van der Waals surface area contributed by atoms with Crippen LogP contribution in [-0.4, -0.2) is 10.9 Å². The van der Waals surface area contributed by atoms with Gasteiger partial charge in [-0.25, -0.2) is 13.8 Å². The van der Waals surface area contributed by atoms with Crippen LogP contribution >= 0.6 is 11.6 Å². The van der Waals surface area contributed by atoms with Crippen LogP contribution in [0.5, 0.6) is 0 Å². The number of amides is 1. The minimum atomic E-state index is -0.661. The van der Waals surface area contributed by atoms with Crippen LogP contribution < -0.4 is 5.32 Å². The summed E-state index contributed by atoms with van der Waals surface area (Å²) in [6.07, 6.45) is 1.22. The third kappa shape index (κ3) is 3.75. The topological polar surface area (TPSA) is 55.1 Å². The van der Waals surface area contributed by atoms with Crippen LogP contribution in [-0.2, 0) is 0 Å². The highest BCUT2D eigenvalue weighted by Gasteiger charge is 2.18. The molecule has 0 aliphatic rings. The fraction of sp³-hybridized carbons (Fsp3) is 0.158. The van der Waals surface area contributed by atoms with E-state index in [4.69, 9.17) is 16.0 Å². The van der Waals surface area contributed by atoms with Gasteiger partial charge in [-0.05, 0) is 49.7 Å². The Balaban J connectivity index is 1.76. The number of aromatic nitrogens is 1. The Morgan fingerprint density at radius 2 is 1.92 bits per heavy atom. The van der Waals surface area contributed by atoms with Gasteiger partial charge in [0.05, 0.1) is 6.04 Å². The monoisotopic (exact) mass is 376 g/mol. The zero-order valence-electron chi connectivity index (χ0n) is 14.0. The lowest BCUT2D eigenvalue weighted by Gasteiger charge is -2.14. The lowest BCUT2D eigenvalue weighted by atomic mass is 10.1. The van der Waals surface area contributed by atoms with Gasteiger partial charge < -0.3 is 9.73 Å². The summed E-state index contributed by atoms with van der Waals surface area (Å²) in [5.41, 5.74) is 0.944. The van der Waals surface area contributed by atoms with Crippen LogP contribution in [0.2, 0.25) is 5.02 Å². The maximum Gasteiger partial charge on any atom is 0.273 e. The zero-order chi connectivity index (χ0) is 18.8. The van der Waals surface area contributed by atoms with Gasteiger partial charge >= 0.3 is 0 Å². The smallest absolute Gasteiger partial charge is 0.273 e. The first-order valence-electron chi connectivity index (χ1n) is 7.83. The molecule has 26 heavy (non-hydrogen) atoms. The molecule has 1 atom stereocenters. The first-order chi connectivity index (χ1) is 12.3. The predicted molar refractivity (Wildman–Crippen MR) is 93.9 cm³/mol. The molecule has 0 fully saturated rings. The number of halogens is 3. The number of rotatable bonds is 4. The van der Waals surface area contributed by atoms with Crippen molar-refractivity contribution in [2.75, 3.05) is 0 Å². The van der Waals surface area contributed by atoms with E-state index in [-0.39, 0.29) is 17.1 Å². The Bertz CT molecular complexity index is 949. The molecule has 0 saturated heterocycles. The number of nitrogens with zero attached hydrogens (tertiary/aromatic N) is 1.